The van der Waals surface area contributed by atoms with Crippen molar-refractivity contribution in [1.82, 2.24) is 9.88 Å². The second-order valence-electron chi connectivity index (χ2n) is 4.52. The first-order chi connectivity index (χ1) is 8.98. The summed E-state index contributed by atoms with van der Waals surface area (Å²) in [6.45, 7) is 1.17. The van der Waals surface area contributed by atoms with Gasteiger partial charge in [0.05, 0.1) is 18.1 Å². The molecule has 1 aliphatic rings. The molecule has 3 nitrogen and oxygen atoms in total. The van der Waals surface area contributed by atoms with Crippen molar-refractivity contribution < 1.29 is 13.2 Å². The number of halogens is 4. The maximum Gasteiger partial charge on any atom is 0.401 e. The largest absolute Gasteiger partial charge is 0.401 e. The zero-order chi connectivity index (χ0) is 13.9. The van der Waals surface area contributed by atoms with E-state index in [4.69, 9.17) is 11.6 Å². The molecule has 106 valence electrons. The highest BCUT2D eigenvalue weighted by atomic mass is 35.5. The Bertz CT molecular complexity index is 417. The van der Waals surface area contributed by atoms with Gasteiger partial charge in [0.2, 0.25) is 0 Å². The quantitative estimate of drug-likeness (QED) is 0.798. The van der Waals surface area contributed by atoms with Crippen LogP contribution < -0.4 is 4.90 Å². The summed E-state index contributed by atoms with van der Waals surface area (Å²) >= 11 is 5.72. The third-order valence-electron chi connectivity index (χ3n) is 3.08. The molecule has 7 heteroatoms. The SMILES string of the molecule is FC(F)(F)CN1CCN(c2ccnc(CCl)c2)CC1. The summed E-state index contributed by atoms with van der Waals surface area (Å²) in [5, 5.41) is 0. The maximum atomic E-state index is 12.3. The number of rotatable bonds is 3. The van der Waals surface area contributed by atoms with Crippen molar-refractivity contribution in [1.29, 1.82) is 0 Å². The van der Waals surface area contributed by atoms with Gasteiger partial charge in [0.1, 0.15) is 0 Å². The molecular weight excluding hydrogens is 279 g/mol. The Morgan fingerprint density at radius 1 is 1.21 bits per heavy atom. The van der Waals surface area contributed by atoms with Crippen molar-refractivity contribution in [2.45, 2.75) is 12.1 Å². The van der Waals surface area contributed by atoms with E-state index in [1.165, 1.54) is 4.90 Å². The van der Waals surface area contributed by atoms with Crippen LogP contribution in [-0.2, 0) is 5.88 Å². The van der Waals surface area contributed by atoms with Gasteiger partial charge in [-0.2, -0.15) is 13.2 Å². The smallest absolute Gasteiger partial charge is 0.369 e. The first-order valence-corrected chi connectivity index (χ1v) is 6.56. The van der Waals surface area contributed by atoms with E-state index in [1.807, 2.05) is 12.1 Å². The predicted octanol–water partition coefficient (Wildman–Crippen LogP) is 2.50. The maximum absolute atomic E-state index is 12.3. The average Bonchev–Trinajstić information content (AvgIpc) is 2.38. The second-order valence-corrected chi connectivity index (χ2v) is 4.78. The van der Waals surface area contributed by atoms with Crippen molar-refractivity contribution >= 4 is 17.3 Å². The normalized spacial score (nSPS) is 17.8. The molecule has 2 rings (SSSR count). The van der Waals surface area contributed by atoms with Crippen LogP contribution in [0, 0.1) is 0 Å². The molecule has 1 aromatic heterocycles. The van der Waals surface area contributed by atoms with Gasteiger partial charge in [0, 0.05) is 38.1 Å². The van der Waals surface area contributed by atoms with Gasteiger partial charge in [-0.1, -0.05) is 0 Å². The number of hydrogen-bond acceptors (Lipinski definition) is 3. The summed E-state index contributed by atoms with van der Waals surface area (Å²) in [6, 6.07) is 3.74. The van der Waals surface area contributed by atoms with Gasteiger partial charge in [-0.25, -0.2) is 0 Å². The van der Waals surface area contributed by atoms with Crippen LogP contribution in [0.25, 0.3) is 0 Å². The predicted molar refractivity (Wildman–Crippen MR) is 68.5 cm³/mol. The molecule has 0 atom stereocenters. The van der Waals surface area contributed by atoms with E-state index < -0.39 is 12.7 Å². The summed E-state index contributed by atoms with van der Waals surface area (Å²) in [6.07, 6.45) is -2.44. The van der Waals surface area contributed by atoms with Crippen molar-refractivity contribution in [3.05, 3.63) is 24.0 Å². The fourth-order valence-electron chi connectivity index (χ4n) is 2.15. The van der Waals surface area contributed by atoms with Crippen molar-refractivity contribution in [2.75, 3.05) is 37.6 Å². The van der Waals surface area contributed by atoms with E-state index >= 15 is 0 Å². The monoisotopic (exact) mass is 293 g/mol. The van der Waals surface area contributed by atoms with E-state index in [0.717, 1.165) is 11.4 Å². The molecule has 0 aliphatic carbocycles. The molecule has 2 heterocycles. The van der Waals surface area contributed by atoms with Crippen LogP contribution in [0.4, 0.5) is 18.9 Å². The summed E-state index contributed by atoms with van der Waals surface area (Å²) in [4.78, 5) is 7.59. The minimum atomic E-state index is -4.12. The first-order valence-electron chi connectivity index (χ1n) is 6.03. The number of nitrogens with zero attached hydrogens (tertiary/aromatic N) is 3. The highest BCUT2D eigenvalue weighted by molar-refractivity contribution is 6.16. The molecule has 0 spiro atoms. The van der Waals surface area contributed by atoms with Crippen LogP contribution in [0.15, 0.2) is 18.3 Å². The Hall–Kier alpha value is -1.01. The Morgan fingerprint density at radius 3 is 2.47 bits per heavy atom. The molecule has 1 saturated heterocycles. The lowest BCUT2D eigenvalue weighted by Gasteiger charge is -2.36. The lowest BCUT2D eigenvalue weighted by Crippen LogP contribution is -2.49. The lowest BCUT2D eigenvalue weighted by molar-refractivity contribution is -0.146. The molecule has 1 aliphatic heterocycles. The molecule has 0 bridgehead atoms. The number of alkyl halides is 4. The fourth-order valence-corrected chi connectivity index (χ4v) is 2.30. The van der Waals surface area contributed by atoms with Gasteiger partial charge in [0.25, 0.3) is 0 Å². The summed E-state index contributed by atoms with van der Waals surface area (Å²) in [5.74, 6) is 0.335. The molecule has 0 radical (unpaired) electrons. The van der Waals surface area contributed by atoms with Gasteiger partial charge >= 0.3 is 6.18 Å². The number of piperazine rings is 1. The fraction of sp³-hybridized carbons (Fsp3) is 0.583. The highest BCUT2D eigenvalue weighted by Crippen LogP contribution is 2.20. The number of pyridine rings is 1. The topological polar surface area (TPSA) is 19.4 Å². The van der Waals surface area contributed by atoms with E-state index in [2.05, 4.69) is 9.88 Å². The summed E-state index contributed by atoms with van der Waals surface area (Å²) in [5.41, 5.74) is 1.74. The van der Waals surface area contributed by atoms with Gasteiger partial charge in [0.15, 0.2) is 0 Å². The van der Waals surface area contributed by atoms with Crippen LogP contribution in [0.2, 0.25) is 0 Å². The van der Waals surface area contributed by atoms with Crippen LogP contribution >= 0.6 is 11.6 Å². The summed E-state index contributed by atoms with van der Waals surface area (Å²) in [7, 11) is 0. The van der Waals surface area contributed by atoms with Gasteiger partial charge < -0.3 is 4.90 Å². The van der Waals surface area contributed by atoms with E-state index in [0.29, 0.717) is 32.1 Å². The Morgan fingerprint density at radius 2 is 1.89 bits per heavy atom. The third kappa shape index (κ3) is 4.24. The highest BCUT2D eigenvalue weighted by Gasteiger charge is 2.32. The number of anilines is 1. The van der Waals surface area contributed by atoms with E-state index in [9.17, 15) is 13.2 Å². The Kier molecular flexibility index (Phi) is 4.52. The Labute approximate surface area is 115 Å². The first kappa shape index (κ1) is 14.4. The van der Waals surface area contributed by atoms with Crippen LogP contribution in [-0.4, -0.2) is 48.8 Å². The van der Waals surface area contributed by atoms with Crippen LogP contribution in [0.3, 0.4) is 0 Å². The molecule has 1 aromatic rings. The van der Waals surface area contributed by atoms with Gasteiger partial charge in [-0.05, 0) is 12.1 Å². The van der Waals surface area contributed by atoms with Gasteiger partial charge in [-0.3, -0.25) is 9.88 Å². The molecule has 0 aromatic carbocycles. The van der Waals surface area contributed by atoms with Gasteiger partial charge in [-0.15, -0.1) is 11.6 Å². The average molecular weight is 294 g/mol. The molecular formula is C12H15ClF3N3. The van der Waals surface area contributed by atoms with Crippen molar-refractivity contribution in [3.63, 3.8) is 0 Å². The molecule has 1 fully saturated rings. The van der Waals surface area contributed by atoms with Crippen LogP contribution in [0.1, 0.15) is 5.69 Å². The molecule has 0 N–H and O–H groups in total. The van der Waals surface area contributed by atoms with E-state index in [1.54, 1.807) is 6.20 Å². The third-order valence-corrected chi connectivity index (χ3v) is 3.35. The van der Waals surface area contributed by atoms with Crippen molar-refractivity contribution in [2.24, 2.45) is 0 Å². The molecule has 0 amide bonds. The minimum absolute atomic E-state index is 0.335. The zero-order valence-corrected chi connectivity index (χ0v) is 11.1. The van der Waals surface area contributed by atoms with Crippen LogP contribution in [0.5, 0.6) is 0 Å². The second kappa shape index (κ2) is 5.96. The Balaban J connectivity index is 1.92. The molecule has 19 heavy (non-hydrogen) atoms. The number of hydrogen-bond donors (Lipinski definition) is 0. The lowest BCUT2D eigenvalue weighted by atomic mass is 10.2. The number of aromatic nitrogens is 1. The standard InChI is InChI=1S/C12H15ClF3N3/c13-8-10-7-11(1-2-17-10)19-5-3-18(4-6-19)9-12(14,15)16/h1-2,7H,3-6,8-9H2. The van der Waals surface area contributed by atoms with E-state index in [-0.39, 0.29) is 0 Å². The summed E-state index contributed by atoms with van der Waals surface area (Å²) < 4.78 is 36.8. The van der Waals surface area contributed by atoms with Crippen molar-refractivity contribution in [3.8, 4) is 0 Å². The zero-order valence-electron chi connectivity index (χ0n) is 10.3. The minimum Gasteiger partial charge on any atom is -0.369 e. The molecule has 0 saturated carbocycles. The molecule has 0 unspecified atom stereocenters.